The van der Waals surface area contributed by atoms with Gasteiger partial charge in [-0.05, 0) is 25.3 Å². The number of thioether (sulfide) groups is 1. The molecule has 0 aliphatic heterocycles. The van der Waals surface area contributed by atoms with Gasteiger partial charge in [-0.1, -0.05) is 17.8 Å². The molecular formula is C15H17N5O3S. The van der Waals surface area contributed by atoms with Gasteiger partial charge >= 0.3 is 0 Å². The second-order valence-electron chi connectivity index (χ2n) is 5.77. The Morgan fingerprint density at radius 2 is 2.21 bits per heavy atom. The zero-order valence-corrected chi connectivity index (χ0v) is 14.2. The second-order valence-corrected chi connectivity index (χ2v) is 6.71. The maximum atomic E-state index is 12.1. The van der Waals surface area contributed by atoms with Gasteiger partial charge in [-0.15, -0.1) is 10.2 Å². The van der Waals surface area contributed by atoms with Crippen LogP contribution in [0.5, 0.6) is 0 Å². The van der Waals surface area contributed by atoms with Crippen molar-refractivity contribution in [1.82, 2.24) is 14.8 Å². The number of nitro groups is 1. The average molecular weight is 347 g/mol. The minimum absolute atomic E-state index is 0.0501. The molecule has 1 fully saturated rings. The quantitative estimate of drug-likeness (QED) is 0.489. The molecule has 9 heteroatoms. The maximum absolute atomic E-state index is 12.1. The summed E-state index contributed by atoms with van der Waals surface area (Å²) < 4.78 is 1.92. The minimum Gasteiger partial charge on any atom is -0.325 e. The van der Waals surface area contributed by atoms with Crippen LogP contribution in [0.1, 0.15) is 30.1 Å². The van der Waals surface area contributed by atoms with E-state index in [2.05, 4.69) is 15.5 Å². The van der Waals surface area contributed by atoms with Crippen LogP contribution in [-0.4, -0.2) is 31.3 Å². The first-order chi connectivity index (χ1) is 11.5. The number of aromatic nitrogens is 3. The second kappa shape index (κ2) is 6.60. The predicted octanol–water partition coefficient (Wildman–Crippen LogP) is 2.64. The molecule has 8 nitrogen and oxygen atoms in total. The Morgan fingerprint density at radius 3 is 2.88 bits per heavy atom. The first kappa shape index (κ1) is 16.4. The van der Waals surface area contributed by atoms with E-state index in [4.69, 9.17) is 0 Å². The van der Waals surface area contributed by atoms with E-state index in [-0.39, 0.29) is 17.3 Å². The van der Waals surface area contributed by atoms with Gasteiger partial charge in [0.1, 0.15) is 5.82 Å². The van der Waals surface area contributed by atoms with Crippen LogP contribution in [-0.2, 0) is 11.8 Å². The van der Waals surface area contributed by atoms with Gasteiger partial charge in [0, 0.05) is 25.1 Å². The number of anilines is 1. The molecular weight excluding hydrogens is 330 g/mol. The molecule has 24 heavy (non-hydrogen) atoms. The summed E-state index contributed by atoms with van der Waals surface area (Å²) in [4.78, 5) is 22.5. The molecule has 0 saturated heterocycles. The maximum Gasteiger partial charge on any atom is 0.271 e. The van der Waals surface area contributed by atoms with Gasteiger partial charge in [-0.3, -0.25) is 14.9 Å². The largest absolute Gasteiger partial charge is 0.325 e. The molecule has 0 spiro atoms. The average Bonchev–Trinajstić information content (AvgIpc) is 3.31. The predicted molar refractivity (Wildman–Crippen MR) is 90.2 cm³/mol. The Balaban J connectivity index is 1.62. The van der Waals surface area contributed by atoms with Gasteiger partial charge in [0.05, 0.1) is 16.4 Å². The van der Waals surface area contributed by atoms with E-state index in [1.54, 1.807) is 13.0 Å². The van der Waals surface area contributed by atoms with Crippen LogP contribution in [0.2, 0.25) is 0 Å². The summed E-state index contributed by atoms with van der Waals surface area (Å²) in [6.45, 7) is 1.79. The molecule has 1 saturated carbocycles. The third-order valence-corrected chi connectivity index (χ3v) is 4.87. The number of carbonyl (C=O) groups excluding carboxylic acids is 1. The summed E-state index contributed by atoms with van der Waals surface area (Å²) in [6.07, 6.45) is 2.28. The highest BCUT2D eigenvalue weighted by Gasteiger charge is 2.29. The lowest BCUT2D eigenvalue weighted by Crippen LogP contribution is -2.15. The Labute approximate surface area is 142 Å². The molecule has 1 aromatic carbocycles. The van der Waals surface area contributed by atoms with Gasteiger partial charge in [-0.2, -0.15) is 0 Å². The summed E-state index contributed by atoms with van der Waals surface area (Å²) >= 11 is 1.30. The van der Waals surface area contributed by atoms with Gasteiger partial charge in [0.15, 0.2) is 5.16 Å². The van der Waals surface area contributed by atoms with Crippen molar-refractivity contribution in [1.29, 1.82) is 0 Å². The number of benzene rings is 1. The van der Waals surface area contributed by atoms with Crippen molar-refractivity contribution in [2.24, 2.45) is 7.05 Å². The fourth-order valence-electron chi connectivity index (χ4n) is 2.32. The smallest absolute Gasteiger partial charge is 0.271 e. The van der Waals surface area contributed by atoms with Crippen molar-refractivity contribution in [3.8, 4) is 0 Å². The number of nitrogens with zero attached hydrogens (tertiary/aromatic N) is 4. The first-order valence-corrected chi connectivity index (χ1v) is 8.51. The van der Waals surface area contributed by atoms with Crippen LogP contribution in [0.3, 0.4) is 0 Å². The Hall–Kier alpha value is -2.42. The highest BCUT2D eigenvalue weighted by atomic mass is 32.2. The number of non-ortho nitro benzene ring substituents is 1. The lowest BCUT2D eigenvalue weighted by molar-refractivity contribution is -0.384. The van der Waals surface area contributed by atoms with Gasteiger partial charge in [0.25, 0.3) is 5.69 Å². The standard InChI is InChI=1S/C15H17N5O3S/c1-9-3-6-11(20(22)23)7-12(9)16-13(21)8-24-15-18-17-14(19(15)2)10-4-5-10/h3,6-7,10H,4-5,8H2,1-2H3,(H,16,21). The fraction of sp³-hybridized carbons (Fsp3) is 0.400. The highest BCUT2D eigenvalue weighted by molar-refractivity contribution is 7.99. The zero-order chi connectivity index (χ0) is 17.3. The molecule has 1 heterocycles. The molecule has 1 aromatic heterocycles. The molecule has 1 aliphatic carbocycles. The first-order valence-electron chi connectivity index (χ1n) is 7.52. The van der Waals surface area contributed by atoms with E-state index in [1.165, 1.54) is 23.9 Å². The minimum atomic E-state index is -0.483. The Kier molecular flexibility index (Phi) is 4.52. The van der Waals surface area contributed by atoms with E-state index in [1.807, 2.05) is 11.6 Å². The van der Waals surface area contributed by atoms with Crippen molar-refractivity contribution in [2.45, 2.75) is 30.8 Å². The van der Waals surface area contributed by atoms with Crippen LogP contribution < -0.4 is 5.32 Å². The third kappa shape index (κ3) is 3.56. The van der Waals surface area contributed by atoms with E-state index in [9.17, 15) is 14.9 Å². The van der Waals surface area contributed by atoms with Crippen LogP contribution in [0.4, 0.5) is 11.4 Å². The summed E-state index contributed by atoms with van der Waals surface area (Å²) in [5, 5.41) is 22.5. The number of nitrogens with one attached hydrogen (secondary N) is 1. The molecule has 0 bridgehead atoms. The summed E-state index contributed by atoms with van der Waals surface area (Å²) in [6, 6.07) is 4.40. The highest BCUT2D eigenvalue weighted by Crippen LogP contribution is 2.39. The molecule has 1 N–H and O–H groups in total. The van der Waals surface area contributed by atoms with Crippen LogP contribution >= 0.6 is 11.8 Å². The fourth-order valence-corrected chi connectivity index (χ4v) is 3.04. The lowest BCUT2D eigenvalue weighted by Gasteiger charge is -2.08. The van der Waals surface area contributed by atoms with Gasteiger partial charge < -0.3 is 9.88 Å². The van der Waals surface area contributed by atoms with Crippen LogP contribution in [0, 0.1) is 17.0 Å². The summed E-state index contributed by atoms with van der Waals surface area (Å²) in [5.41, 5.74) is 1.17. The van der Waals surface area contributed by atoms with Crippen LogP contribution in [0.25, 0.3) is 0 Å². The number of aryl methyl sites for hydroxylation is 1. The molecule has 0 unspecified atom stereocenters. The van der Waals surface area contributed by atoms with Crippen molar-refractivity contribution in [3.63, 3.8) is 0 Å². The number of hydrogen-bond donors (Lipinski definition) is 1. The number of rotatable bonds is 6. The Bertz CT molecular complexity index is 800. The number of amides is 1. The van der Waals surface area contributed by atoms with E-state index < -0.39 is 4.92 Å². The van der Waals surface area contributed by atoms with Crippen molar-refractivity contribution in [3.05, 3.63) is 39.7 Å². The summed E-state index contributed by atoms with van der Waals surface area (Å²) in [7, 11) is 1.90. The molecule has 2 aromatic rings. The van der Waals surface area contributed by atoms with Crippen molar-refractivity contribution < 1.29 is 9.72 Å². The van der Waals surface area contributed by atoms with Crippen molar-refractivity contribution in [2.75, 3.05) is 11.1 Å². The topological polar surface area (TPSA) is 103 Å². The van der Waals surface area contributed by atoms with Crippen molar-refractivity contribution >= 4 is 29.0 Å². The van der Waals surface area contributed by atoms with E-state index in [0.717, 1.165) is 24.2 Å². The zero-order valence-electron chi connectivity index (χ0n) is 13.4. The molecule has 126 valence electrons. The van der Waals surface area contributed by atoms with Crippen LogP contribution in [0.15, 0.2) is 23.4 Å². The SMILES string of the molecule is Cc1ccc([N+](=O)[O-])cc1NC(=O)CSc1nnc(C2CC2)n1C. The molecule has 0 atom stereocenters. The molecule has 0 radical (unpaired) electrons. The number of nitro benzene ring substituents is 1. The monoisotopic (exact) mass is 347 g/mol. The molecule has 3 rings (SSSR count). The third-order valence-electron chi connectivity index (χ3n) is 3.85. The number of carbonyl (C=O) groups is 1. The summed E-state index contributed by atoms with van der Waals surface area (Å²) in [5.74, 6) is 1.39. The molecule has 1 amide bonds. The van der Waals surface area contributed by atoms with E-state index >= 15 is 0 Å². The van der Waals surface area contributed by atoms with E-state index in [0.29, 0.717) is 16.8 Å². The van der Waals surface area contributed by atoms with Gasteiger partial charge in [-0.25, -0.2) is 0 Å². The molecule has 1 aliphatic rings. The Morgan fingerprint density at radius 1 is 1.46 bits per heavy atom. The van der Waals surface area contributed by atoms with Gasteiger partial charge in [0.2, 0.25) is 5.91 Å². The number of hydrogen-bond acceptors (Lipinski definition) is 6. The normalized spacial score (nSPS) is 13.8. The lowest BCUT2D eigenvalue weighted by atomic mass is 10.2.